The first-order valence-corrected chi connectivity index (χ1v) is 17.2. The molecule has 0 spiro atoms. The number of nitrogens with zero attached hydrogens (tertiary/aromatic N) is 1. The van der Waals surface area contributed by atoms with E-state index in [9.17, 15) is 9.59 Å². The molecule has 0 aromatic rings. The molecule has 1 amide bonds. The van der Waals surface area contributed by atoms with Crippen LogP contribution in [0, 0.1) is 28.6 Å². The minimum atomic E-state index is -1.88. The average Bonchev–Trinajstić information content (AvgIpc) is 3.09. The van der Waals surface area contributed by atoms with Crippen LogP contribution in [0.4, 0.5) is 4.79 Å². The number of fused-ring (bicyclic) bond motifs is 3. The van der Waals surface area contributed by atoms with Crippen LogP contribution in [0.1, 0.15) is 81.6 Å². The van der Waals surface area contributed by atoms with Crippen molar-refractivity contribution in [3.63, 3.8) is 0 Å². The van der Waals surface area contributed by atoms with Gasteiger partial charge in [0.25, 0.3) is 0 Å². The number of carbonyl (C=O) groups is 2. The Balaban J connectivity index is 2.01. The van der Waals surface area contributed by atoms with E-state index in [4.69, 9.17) is 18.6 Å². The number of hydrogen-bond acceptors (Lipinski definition) is 6. The normalized spacial score (nSPS) is 31.5. The lowest BCUT2D eigenvalue weighted by Gasteiger charge is -2.59. The molecular formula is C31H51NO6Si. The summed E-state index contributed by atoms with van der Waals surface area (Å²) in [7, 11) is 1.46. The second kappa shape index (κ2) is 10.6. The van der Waals surface area contributed by atoms with Crippen molar-refractivity contribution in [1.29, 1.82) is 0 Å². The predicted molar refractivity (Wildman–Crippen MR) is 156 cm³/mol. The largest absolute Gasteiger partial charge is 0.445 e. The summed E-state index contributed by atoms with van der Waals surface area (Å²) >= 11 is 0. The fourth-order valence-electron chi connectivity index (χ4n) is 6.62. The van der Waals surface area contributed by atoms with E-state index in [1.165, 1.54) is 4.90 Å². The number of ether oxygens (including phenoxy) is 3. The molecule has 0 N–H and O–H groups in total. The number of rotatable bonds is 5. The molecular weight excluding hydrogens is 510 g/mol. The number of hydrogen-bond donors (Lipinski definition) is 0. The van der Waals surface area contributed by atoms with Crippen molar-refractivity contribution in [2.24, 2.45) is 16.7 Å². The number of ketones is 1. The van der Waals surface area contributed by atoms with Crippen LogP contribution >= 0.6 is 0 Å². The second-order valence-corrected chi connectivity index (χ2v) is 19.4. The topological polar surface area (TPSA) is 74.3 Å². The standard InChI is InChI=1S/C31H51NO6Si/c1-20-23(21(33)16-14-15-19-35-39(12,13)28(2,3)4)31(9)22(36-27(34)32(10)11)17-18-29(5,6)26(31)25-24(20)37-30(7,8)38-25/h22,24-26H,15,17-19H2,1-13H3/t22-,24+,25+,26-,31+/m0/s1. The molecule has 0 aromatic carbocycles. The van der Waals surface area contributed by atoms with Crippen molar-refractivity contribution in [3.8, 4) is 11.8 Å². The molecule has 8 heteroatoms. The van der Waals surface area contributed by atoms with Crippen molar-refractivity contribution in [2.75, 3.05) is 20.7 Å². The van der Waals surface area contributed by atoms with Crippen molar-refractivity contribution >= 4 is 20.2 Å². The van der Waals surface area contributed by atoms with E-state index in [2.05, 4.69) is 66.5 Å². The van der Waals surface area contributed by atoms with Crippen molar-refractivity contribution in [2.45, 2.75) is 124 Å². The first kappa shape index (κ1) is 31.9. The van der Waals surface area contributed by atoms with Gasteiger partial charge in [-0.2, -0.15) is 0 Å². The van der Waals surface area contributed by atoms with Gasteiger partial charge in [-0.3, -0.25) is 4.79 Å². The van der Waals surface area contributed by atoms with Gasteiger partial charge in [0, 0.05) is 44.0 Å². The molecule has 220 valence electrons. The molecule has 3 aliphatic rings. The number of carbonyl (C=O) groups excluding carboxylic acids is 2. The zero-order chi connectivity index (χ0) is 29.8. The Morgan fingerprint density at radius 3 is 2.28 bits per heavy atom. The van der Waals surface area contributed by atoms with Gasteiger partial charge in [-0.05, 0) is 68.7 Å². The molecule has 2 aliphatic carbocycles. The van der Waals surface area contributed by atoms with Crippen molar-refractivity contribution in [1.82, 2.24) is 4.90 Å². The first-order valence-electron chi connectivity index (χ1n) is 14.3. The summed E-state index contributed by atoms with van der Waals surface area (Å²) in [5.74, 6) is 4.88. The third kappa shape index (κ3) is 6.02. The third-order valence-corrected chi connectivity index (χ3v) is 14.1. The second-order valence-electron chi connectivity index (χ2n) is 14.6. The summed E-state index contributed by atoms with van der Waals surface area (Å²) < 4.78 is 25.3. The van der Waals surface area contributed by atoms with Crippen molar-refractivity contribution in [3.05, 3.63) is 11.1 Å². The van der Waals surface area contributed by atoms with E-state index in [1.807, 2.05) is 20.8 Å². The van der Waals surface area contributed by atoms with Gasteiger partial charge in [0.1, 0.15) is 12.2 Å². The highest BCUT2D eigenvalue weighted by Crippen LogP contribution is 2.63. The van der Waals surface area contributed by atoms with Crippen molar-refractivity contribution < 1.29 is 28.2 Å². The van der Waals surface area contributed by atoms with Crippen LogP contribution < -0.4 is 0 Å². The molecule has 1 saturated carbocycles. The molecule has 1 heterocycles. The van der Waals surface area contributed by atoms with Gasteiger partial charge in [0.05, 0.1) is 6.10 Å². The highest BCUT2D eigenvalue weighted by atomic mass is 28.4. The first-order chi connectivity index (χ1) is 17.7. The zero-order valence-corrected chi connectivity index (χ0v) is 27.5. The molecule has 0 unspecified atom stereocenters. The molecule has 5 atom stereocenters. The van der Waals surface area contributed by atoms with E-state index < -0.39 is 31.7 Å². The molecule has 3 rings (SSSR count). The summed E-state index contributed by atoms with van der Waals surface area (Å²) in [6.45, 7) is 23.8. The zero-order valence-electron chi connectivity index (χ0n) is 26.5. The van der Waals surface area contributed by atoms with Crippen LogP contribution in [0.3, 0.4) is 0 Å². The quantitative estimate of drug-likeness (QED) is 0.169. The molecule has 39 heavy (non-hydrogen) atoms. The highest BCUT2D eigenvalue weighted by molar-refractivity contribution is 6.74. The summed E-state index contributed by atoms with van der Waals surface area (Å²) in [5.41, 5.74) is 0.465. The Kier molecular flexibility index (Phi) is 8.68. The summed E-state index contributed by atoms with van der Waals surface area (Å²) in [4.78, 5) is 28.2. The van der Waals surface area contributed by atoms with Gasteiger partial charge in [-0.15, -0.1) is 0 Å². The highest BCUT2D eigenvalue weighted by Gasteiger charge is 2.66. The fraction of sp³-hybridized carbons (Fsp3) is 0.806. The molecule has 0 radical (unpaired) electrons. The van der Waals surface area contributed by atoms with Gasteiger partial charge < -0.3 is 23.5 Å². The van der Waals surface area contributed by atoms with Crippen LogP contribution in [0.2, 0.25) is 18.1 Å². The lowest BCUT2D eigenvalue weighted by Crippen LogP contribution is -2.62. The third-order valence-electron chi connectivity index (χ3n) is 9.56. The van der Waals surface area contributed by atoms with E-state index in [0.717, 1.165) is 12.0 Å². The Bertz CT molecular complexity index is 1070. The number of Topliss-reactive ketones (excluding diaryl/α,β-unsaturated/α-hetero) is 1. The van der Waals surface area contributed by atoms with Gasteiger partial charge in [0.15, 0.2) is 14.1 Å². The fourth-order valence-corrected chi connectivity index (χ4v) is 7.66. The van der Waals surface area contributed by atoms with E-state index in [-0.39, 0.29) is 34.4 Å². The Labute approximate surface area is 237 Å². The molecule has 1 aliphatic heterocycles. The number of amides is 1. The summed E-state index contributed by atoms with van der Waals surface area (Å²) in [6, 6.07) is 0. The lowest BCUT2D eigenvalue weighted by atomic mass is 9.47. The predicted octanol–water partition coefficient (Wildman–Crippen LogP) is 6.33. The summed E-state index contributed by atoms with van der Waals surface area (Å²) in [6.07, 6.45) is 0.447. The molecule has 0 bridgehead atoms. The molecule has 2 fully saturated rings. The van der Waals surface area contributed by atoms with Gasteiger partial charge in [-0.1, -0.05) is 47.5 Å². The SMILES string of the molecule is CC1=C(C(=O)C#CCCO[Si](C)(C)C(C)(C)C)[C@@]2(C)[C@@H](OC(=O)N(C)C)CCC(C)(C)[C@@H]2[C@@H]2OC(C)(C)O[C@H]12. The maximum absolute atomic E-state index is 14.0. The van der Waals surface area contributed by atoms with E-state index >= 15 is 0 Å². The molecule has 1 saturated heterocycles. The summed E-state index contributed by atoms with van der Waals surface area (Å²) in [5, 5.41) is 0.115. The van der Waals surface area contributed by atoms with E-state index in [1.54, 1.807) is 14.1 Å². The van der Waals surface area contributed by atoms with Gasteiger partial charge in [0.2, 0.25) is 5.78 Å². The van der Waals surface area contributed by atoms with Crippen LogP contribution in [0.5, 0.6) is 0 Å². The van der Waals surface area contributed by atoms with Crippen LogP contribution in [-0.4, -0.2) is 69.9 Å². The maximum Gasteiger partial charge on any atom is 0.409 e. The van der Waals surface area contributed by atoms with Gasteiger partial charge in [-0.25, -0.2) is 4.79 Å². The smallest absolute Gasteiger partial charge is 0.409 e. The van der Waals surface area contributed by atoms with Crippen LogP contribution in [-0.2, 0) is 23.4 Å². The van der Waals surface area contributed by atoms with Gasteiger partial charge >= 0.3 is 6.09 Å². The minimum Gasteiger partial charge on any atom is -0.445 e. The average molecular weight is 562 g/mol. The lowest BCUT2D eigenvalue weighted by molar-refractivity contribution is -0.178. The Morgan fingerprint density at radius 1 is 1.10 bits per heavy atom. The van der Waals surface area contributed by atoms with E-state index in [0.29, 0.717) is 25.0 Å². The van der Waals surface area contributed by atoms with Crippen LogP contribution in [0.15, 0.2) is 11.1 Å². The minimum absolute atomic E-state index is 0.114. The monoisotopic (exact) mass is 561 g/mol. The Hall–Kier alpha value is -1.66. The van der Waals surface area contributed by atoms with Crippen LogP contribution in [0.25, 0.3) is 0 Å². The Morgan fingerprint density at radius 2 is 1.72 bits per heavy atom. The molecule has 0 aromatic heterocycles. The molecule has 7 nitrogen and oxygen atoms in total. The maximum atomic E-state index is 14.0.